The Labute approximate surface area is 143 Å². The molecule has 1 aromatic rings. The molecule has 3 N–H and O–H groups in total. The Kier molecular flexibility index (Phi) is 4.34. The number of aliphatic hydroxyl groups is 2. The van der Waals surface area contributed by atoms with Gasteiger partial charge in [0.25, 0.3) is 0 Å². The molecule has 8 nitrogen and oxygen atoms in total. The van der Waals surface area contributed by atoms with Gasteiger partial charge in [0.15, 0.2) is 17.3 Å². The molecule has 1 heterocycles. The standard InChI is InChI=1S/C17H20O8/c1-23-11-7-10-14(15(21)16(11)24-2)9(19)6-13(25-10)17(22)4-3-8(18)5-12(17)20/h7,12-13,20-22H,3-6H2,1-2H3. The minimum Gasteiger partial charge on any atom is -0.504 e. The summed E-state index contributed by atoms with van der Waals surface area (Å²) in [5.74, 6) is -0.788. The van der Waals surface area contributed by atoms with Crippen LogP contribution in [0.4, 0.5) is 0 Å². The molecule has 8 heteroatoms. The van der Waals surface area contributed by atoms with Crippen LogP contribution in [0.1, 0.15) is 36.0 Å². The van der Waals surface area contributed by atoms with Crippen LogP contribution in [-0.4, -0.2) is 58.9 Å². The van der Waals surface area contributed by atoms with Crippen molar-refractivity contribution in [3.63, 3.8) is 0 Å². The Morgan fingerprint density at radius 2 is 1.96 bits per heavy atom. The van der Waals surface area contributed by atoms with E-state index in [4.69, 9.17) is 14.2 Å². The number of phenolic OH excluding ortho intramolecular Hbond substituents is 1. The lowest BCUT2D eigenvalue weighted by atomic mass is 9.75. The molecule has 0 saturated heterocycles. The Balaban J connectivity index is 2.00. The first-order valence-corrected chi connectivity index (χ1v) is 7.91. The number of aliphatic hydroxyl groups excluding tert-OH is 1. The van der Waals surface area contributed by atoms with Gasteiger partial charge in [-0.25, -0.2) is 0 Å². The minimum absolute atomic E-state index is 0.000445. The third-order valence-corrected chi connectivity index (χ3v) is 4.89. The van der Waals surface area contributed by atoms with Crippen LogP contribution in [0, 0.1) is 0 Å². The Morgan fingerprint density at radius 3 is 2.56 bits per heavy atom. The van der Waals surface area contributed by atoms with Crippen LogP contribution in [0.3, 0.4) is 0 Å². The number of fused-ring (bicyclic) bond motifs is 1. The van der Waals surface area contributed by atoms with Crippen molar-refractivity contribution in [2.24, 2.45) is 0 Å². The molecule has 0 bridgehead atoms. The third kappa shape index (κ3) is 2.71. The van der Waals surface area contributed by atoms with E-state index in [-0.39, 0.29) is 54.3 Å². The molecule has 3 atom stereocenters. The maximum atomic E-state index is 12.5. The van der Waals surface area contributed by atoms with Crippen molar-refractivity contribution in [3.8, 4) is 23.0 Å². The van der Waals surface area contributed by atoms with Gasteiger partial charge in [-0.1, -0.05) is 0 Å². The van der Waals surface area contributed by atoms with Crippen LogP contribution in [0.5, 0.6) is 23.0 Å². The normalized spacial score (nSPS) is 29.0. The highest BCUT2D eigenvalue weighted by atomic mass is 16.5. The fraction of sp³-hybridized carbons (Fsp3) is 0.529. The van der Waals surface area contributed by atoms with E-state index in [0.717, 1.165) is 0 Å². The zero-order valence-corrected chi connectivity index (χ0v) is 13.9. The average Bonchev–Trinajstić information content (AvgIpc) is 2.57. The molecule has 1 aliphatic carbocycles. The van der Waals surface area contributed by atoms with Gasteiger partial charge < -0.3 is 29.5 Å². The highest BCUT2D eigenvalue weighted by Crippen LogP contribution is 2.48. The van der Waals surface area contributed by atoms with Crippen molar-refractivity contribution in [3.05, 3.63) is 11.6 Å². The number of aromatic hydroxyl groups is 1. The predicted molar refractivity (Wildman–Crippen MR) is 84.4 cm³/mol. The molecule has 0 spiro atoms. The summed E-state index contributed by atoms with van der Waals surface area (Å²) in [6.07, 6.45) is -2.67. The molecule has 1 fully saturated rings. The molecule has 0 amide bonds. The largest absolute Gasteiger partial charge is 0.504 e. The number of rotatable bonds is 3. The first-order chi connectivity index (χ1) is 11.8. The van der Waals surface area contributed by atoms with Crippen molar-refractivity contribution >= 4 is 11.6 Å². The molecule has 1 aromatic carbocycles. The van der Waals surface area contributed by atoms with E-state index in [1.165, 1.54) is 20.3 Å². The van der Waals surface area contributed by atoms with E-state index in [0.29, 0.717) is 0 Å². The molecule has 136 valence electrons. The lowest BCUT2D eigenvalue weighted by molar-refractivity contribution is -0.165. The summed E-state index contributed by atoms with van der Waals surface area (Å²) in [7, 11) is 2.70. The molecule has 0 aromatic heterocycles. The summed E-state index contributed by atoms with van der Waals surface area (Å²) in [5, 5.41) is 31.3. The Bertz CT molecular complexity index is 728. The second kappa shape index (κ2) is 6.20. The van der Waals surface area contributed by atoms with Crippen LogP contribution in [-0.2, 0) is 4.79 Å². The number of ether oxygens (including phenoxy) is 3. The van der Waals surface area contributed by atoms with Crippen molar-refractivity contribution < 1.29 is 39.1 Å². The van der Waals surface area contributed by atoms with Crippen LogP contribution in [0.25, 0.3) is 0 Å². The van der Waals surface area contributed by atoms with Gasteiger partial charge in [-0.15, -0.1) is 0 Å². The quantitative estimate of drug-likeness (QED) is 0.722. The average molecular weight is 352 g/mol. The van der Waals surface area contributed by atoms with Gasteiger partial charge in [-0.2, -0.15) is 0 Å². The summed E-state index contributed by atoms with van der Waals surface area (Å²) >= 11 is 0. The monoisotopic (exact) mass is 352 g/mol. The van der Waals surface area contributed by atoms with Gasteiger partial charge >= 0.3 is 0 Å². The van der Waals surface area contributed by atoms with Gasteiger partial charge in [-0.05, 0) is 6.42 Å². The topological polar surface area (TPSA) is 123 Å². The smallest absolute Gasteiger partial charge is 0.204 e. The van der Waals surface area contributed by atoms with Gasteiger partial charge in [0.2, 0.25) is 5.75 Å². The van der Waals surface area contributed by atoms with Crippen molar-refractivity contribution in [2.75, 3.05) is 14.2 Å². The Morgan fingerprint density at radius 1 is 1.24 bits per heavy atom. The number of benzene rings is 1. The van der Waals surface area contributed by atoms with Gasteiger partial charge in [0.1, 0.15) is 28.8 Å². The fourth-order valence-corrected chi connectivity index (χ4v) is 3.44. The SMILES string of the molecule is COc1cc2c(c(O)c1OC)C(=O)CC(C1(O)CCC(=O)CC1O)O2. The lowest BCUT2D eigenvalue weighted by Crippen LogP contribution is -2.58. The van der Waals surface area contributed by atoms with Crippen molar-refractivity contribution in [2.45, 2.75) is 43.5 Å². The zero-order chi connectivity index (χ0) is 18.4. The van der Waals surface area contributed by atoms with Gasteiger partial charge in [-0.3, -0.25) is 9.59 Å². The van der Waals surface area contributed by atoms with Crippen molar-refractivity contribution in [1.82, 2.24) is 0 Å². The highest BCUT2D eigenvalue weighted by Gasteiger charge is 2.51. The number of ketones is 2. The number of phenols is 1. The summed E-state index contributed by atoms with van der Waals surface area (Å²) in [6.45, 7) is 0. The number of carbonyl (C=O) groups is 2. The van der Waals surface area contributed by atoms with Gasteiger partial charge in [0, 0.05) is 18.9 Å². The lowest BCUT2D eigenvalue weighted by Gasteiger charge is -2.43. The minimum atomic E-state index is -1.72. The first kappa shape index (κ1) is 17.5. The second-order valence-corrected chi connectivity index (χ2v) is 6.32. The summed E-state index contributed by atoms with van der Waals surface area (Å²) in [6, 6.07) is 1.39. The Hall–Kier alpha value is -2.32. The second-order valence-electron chi connectivity index (χ2n) is 6.32. The molecule has 1 saturated carbocycles. The maximum Gasteiger partial charge on any atom is 0.204 e. The molecule has 3 rings (SSSR count). The maximum absolute atomic E-state index is 12.5. The van der Waals surface area contributed by atoms with Crippen LogP contribution in [0.15, 0.2) is 6.07 Å². The van der Waals surface area contributed by atoms with E-state index in [1.54, 1.807) is 0 Å². The predicted octanol–water partition coefficient (Wildman–Crippen LogP) is 0.588. The summed E-state index contributed by atoms with van der Waals surface area (Å²) < 4.78 is 15.9. The first-order valence-electron chi connectivity index (χ1n) is 7.91. The van der Waals surface area contributed by atoms with E-state index in [2.05, 4.69) is 0 Å². The third-order valence-electron chi connectivity index (χ3n) is 4.89. The van der Waals surface area contributed by atoms with E-state index in [9.17, 15) is 24.9 Å². The number of hydrogen-bond acceptors (Lipinski definition) is 8. The van der Waals surface area contributed by atoms with Crippen LogP contribution >= 0.6 is 0 Å². The molecule has 1 aliphatic heterocycles. The van der Waals surface area contributed by atoms with Crippen LogP contribution < -0.4 is 14.2 Å². The zero-order valence-electron chi connectivity index (χ0n) is 13.9. The number of Topliss-reactive ketones (excluding diaryl/α,β-unsaturated/α-hetero) is 2. The van der Waals surface area contributed by atoms with Crippen LogP contribution in [0.2, 0.25) is 0 Å². The van der Waals surface area contributed by atoms with Crippen molar-refractivity contribution in [1.29, 1.82) is 0 Å². The molecule has 3 unspecified atom stereocenters. The molecular weight excluding hydrogens is 332 g/mol. The van der Waals surface area contributed by atoms with E-state index in [1.807, 2.05) is 0 Å². The summed E-state index contributed by atoms with van der Waals surface area (Å²) in [4.78, 5) is 24.0. The number of hydrogen-bond donors (Lipinski definition) is 3. The number of methoxy groups -OCH3 is 2. The number of carbonyl (C=O) groups excluding carboxylic acids is 2. The van der Waals surface area contributed by atoms with E-state index >= 15 is 0 Å². The molecule has 25 heavy (non-hydrogen) atoms. The molecule has 0 radical (unpaired) electrons. The van der Waals surface area contributed by atoms with E-state index < -0.39 is 29.3 Å². The van der Waals surface area contributed by atoms with Gasteiger partial charge in [0.05, 0.1) is 26.7 Å². The molecule has 2 aliphatic rings. The molecular formula is C17H20O8. The summed E-state index contributed by atoms with van der Waals surface area (Å²) in [5.41, 5.74) is -1.77. The highest BCUT2D eigenvalue weighted by molar-refractivity contribution is 6.03. The fourth-order valence-electron chi connectivity index (χ4n) is 3.44.